The molecule has 5 rings (SSSR count). The Morgan fingerprint density at radius 2 is 1.76 bits per heavy atom. The molecule has 0 aromatic heterocycles. The predicted molar refractivity (Wildman–Crippen MR) is 81.8 cm³/mol. The van der Waals surface area contributed by atoms with Crippen LogP contribution in [0.4, 0.5) is 0 Å². The van der Waals surface area contributed by atoms with Crippen LogP contribution in [0.25, 0.3) is 0 Å². The molecule has 4 aliphatic carbocycles. The first-order valence-corrected chi connectivity index (χ1v) is 9.15. The third-order valence-corrected chi connectivity index (χ3v) is 6.67. The Kier molecular flexibility index (Phi) is 3.72. The number of hydrogen-bond donors (Lipinski definition) is 0. The van der Waals surface area contributed by atoms with Gasteiger partial charge >= 0.3 is 5.97 Å². The van der Waals surface area contributed by atoms with Crippen molar-refractivity contribution in [1.29, 1.82) is 0 Å². The van der Waals surface area contributed by atoms with Gasteiger partial charge in [-0.1, -0.05) is 0 Å². The van der Waals surface area contributed by atoms with Gasteiger partial charge < -0.3 is 4.74 Å². The van der Waals surface area contributed by atoms with Gasteiger partial charge in [-0.3, -0.25) is 9.69 Å². The molecule has 3 heteroatoms. The Balaban J connectivity index is 1.45. The van der Waals surface area contributed by atoms with Gasteiger partial charge in [0.1, 0.15) is 0 Å². The summed E-state index contributed by atoms with van der Waals surface area (Å²) in [5.41, 5.74) is 0. The van der Waals surface area contributed by atoms with Crippen LogP contribution in [0.3, 0.4) is 0 Å². The molecule has 5 fully saturated rings. The van der Waals surface area contributed by atoms with Crippen LogP contribution in [0.5, 0.6) is 0 Å². The number of carbonyl (C=O) groups is 1. The van der Waals surface area contributed by atoms with Crippen LogP contribution in [-0.4, -0.2) is 36.6 Å². The maximum atomic E-state index is 12.1. The monoisotopic (exact) mass is 291 g/mol. The van der Waals surface area contributed by atoms with Crippen molar-refractivity contribution in [1.82, 2.24) is 4.90 Å². The topological polar surface area (TPSA) is 29.5 Å². The predicted octanol–water partition coefficient (Wildman–Crippen LogP) is 3.09. The highest BCUT2D eigenvalue weighted by Gasteiger charge is 2.50. The Labute approximate surface area is 128 Å². The van der Waals surface area contributed by atoms with Gasteiger partial charge in [-0.2, -0.15) is 0 Å². The summed E-state index contributed by atoms with van der Waals surface area (Å²) < 4.78 is 5.27. The van der Waals surface area contributed by atoms with E-state index in [-0.39, 0.29) is 11.9 Å². The van der Waals surface area contributed by atoms with Crippen molar-refractivity contribution in [3.63, 3.8) is 0 Å². The smallest absolute Gasteiger partial charge is 0.310 e. The average molecular weight is 291 g/mol. The first-order chi connectivity index (χ1) is 10.2. The summed E-state index contributed by atoms with van der Waals surface area (Å²) >= 11 is 0. The van der Waals surface area contributed by atoms with Gasteiger partial charge in [-0.05, 0) is 82.1 Å². The molecule has 0 aromatic rings. The van der Waals surface area contributed by atoms with E-state index in [1.165, 1.54) is 45.1 Å². The molecule has 0 spiro atoms. The van der Waals surface area contributed by atoms with Crippen LogP contribution in [0.1, 0.15) is 51.9 Å². The maximum Gasteiger partial charge on any atom is 0.310 e. The zero-order valence-corrected chi connectivity index (χ0v) is 13.3. The van der Waals surface area contributed by atoms with Gasteiger partial charge in [-0.15, -0.1) is 0 Å². The van der Waals surface area contributed by atoms with Crippen molar-refractivity contribution >= 4 is 5.97 Å². The average Bonchev–Trinajstić information content (AvgIpc) is 2.47. The van der Waals surface area contributed by atoms with E-state index < -0.39 is 0 Å². The van der Waals surface area contributed by atoms with Crippen LogP contribution in [0.2, 0.25) is 0 Å². The lowest BCUT2D eigenvalue weighted by molar-refractivity contribution is -0.152. The van der Waals surface area contributed by atoms with E-state index in [1.807, 2.05) is 6.92 Å². The standard InChI is InChI=1S/C18H29NO2/c1-2-21-18(20)14-4-3-5-19(11-14)17-15-7-12-6-13(9-15)10-16(17)8-12/h12-17H,2-11H2,1H3/t12?,13?,14-,15?,16?,17?/m0/s1. The van der Waals surface area contributed by atoms with Crippen molar-refractivity contribution < 1.29 is 9.53 Å². The lowest BCUT2D eigenvalue weighted by Crippen LogP contribution is -2.58. The molecule has 1 atom stereocenters. The second-order valence-corrected chi connectivity index (χ2v) is 8.01. The van der Waals surface area contributed by atoms with E-state index in [1.54, 1.807) is 0 Å². The fourth-order valence-corrected chi connectivity index (χ4v) is 6.22. The van der Waals surface area contributed by atoms with Crippen LogP contribution >= 0.6 is 0 Å². The van der Waals surface area contributed by atoms with E-state index in [0.29, 0.717) is 6.61 Å². The molecule has 1 heterocycles. The van der Waals surface area contributed by atoms with Gasteiger partial charge in [0.25, 0.3) is 0 Å². The molecule has 3 nitrogen and oxygen atoms in total. The lowest BCUT2D eigenvalue weighted by Gasteiger charge is -2.58. The fraction of sp³-hybridized carbons (Fsp3) is 0.944. The second kappa shape index (κ2) is 5.57. The quantitative estimate of drug-likeness (QED) is 0.748. The molecule has 4 saturated carbocycles. The summed E-state index contributed by atoms with van der Waals surface area (Å²) in [6.45, 7) is 4.61. The number of hydrogen-bond acceptors (Lipinski definition) is 3. The van der Waals surface area contributed by atoms with Gasteiger partial charge in [-0.25, -0.2) is 0 Å². The summed E-state index contributed by atoms with van der Waals surface area (Å²) in [5.74, 6) is 4.12. The molecule has 118 valence electrons. The van der Waals surface area contributed by atoms with Crippen molar-refractivity contribution in [2.24, 2.45) is 29.6 Å². The molecule has 4 bridgehead atoms. The van der Waals surface area contributed by atoms with E-state index >= 15 is 0 Å². The first kappa shape index (κ1) is 14.0. The summed E-state index contributed by atoms with van der Waals surface area (Å²) in [6, 6.07) is 0.787. The number of rotatable bonds is 3. The Morgan fingerprint density at radius 3 is 2.38 bits per heavy atom. The van der Waals surface area contributed by atoms with Gasteiger partial charge in [0, 0.05) is 12.6 Å². The lowest BCUT2D eigenvalue weighted by atomic mass is 9.53. The van der Waals surface area contributed by atoms with E-state index in [9.17, 15) is 4.79 Å². The highest BCUT2D eigenvalue weighted by atomic mass is 16.5. The molecule has 21 heavy (non-hydrogen) atoms. The van der Waals surface area contributed by atoms with Gasteiger partial charge in [0.2, 0.25) is 0 Å². The summed E-state index contributed by atoms with van der Waals surface area (Å²) in [5, 5.41) is 0. The minimum atomic E-state index is 0.0472. The number of carbonyl (C=O) groups excluding carboxylic acids is 1. The molecule has 0 N–H and O–H groups in total. The van der Waals surface area contributed by atoms with Crippen molar-refractivity contribution in [2.45, 2.75) is 57.9 Å². The molecule has 0 aromatic carbocycles. The summed E-state index contributed by atoms with van der Waals surface area (Å²) in [7, 11) is 0. The third kappa shape index (κ3) is 2.52. The highest BCUT2D eigenvalue weighted by molar-refractivity contribution is 5.72. The maximum absolute atomic E-state index is 12.1. The van der Waals surface area contributed by atoms with Crippen molar-refractivity contribution in [2.75, 3.05) is 19.7 Å². The molecule has 0 unspecified atom stereocenters. The van der Waals surface area contributed by atoms with Crippen LogP contribution in [0, 0.1) is 29.6 Å². The van der Waals surface area contributed by atoms with Gasteiger partial charge in [0.15, 0.2) is 0 Å². The van der Waals surface area contributed by atoms with E-state index in [4.69, 9.17) is 4.74 Å². The normalized spacial score (nSPS) is 45.8. The second-order valence-electron chi connectivity index (χ2n) is 8.01. The molecule has 0 radical (unpaired) electrons. The Hall–Kier alpha value is -0.570. The fourth-order valence-electron chi connectivity index (χ4n) is 6.22. The van der Waals surface area contributed by atoms with Crippen molar-refractivity contribution in [3.05, 3.63) is 0 Å². The summed E-state index contributed by atoms with van der Waals surface area (Å²) in [6.07, 6.45) is 9.60. The molecular weight excluding hydrogens is 262 g/mol. The minimum Gasteiger partial charge on any atom is -0.466 e. The zero-order chi connectivity index (χ0) is 14.4. The van der Waals surface area contributed by atoms with Crippen LogP contribution in [-0.2, 0) is 9.53 Å². The third-order valence-electron chi connectivity index (χ3n) is 6.67. The molecule has 5 aliphatic rings. The molecular formula is C18H29NO2. The minimum absolute atomic E-state index is 0.0472. The largest absolute Gasteiger partial charge is 0.466 e. The van der Waals surface area contributed by atoms with Crippen LogP contribution < -0.4 is 0 Å². The van der Waals surface area contributed by atoms with Crippen molar-refractivity contribution in [3.8, 4) is 0 Å². The SMILES string of the molecule is CCOC(=O)[C@H]1CCCN(C2C3CC4CC(C3)CC2C4)C1. The number of likely N-dealkylation sites (tertiary alicyclic amines) is 1. The Bertz CT molecular complexity index is 380. The molecule has 1 saturated heterocycles. The summed E-state index contributed by atoms with van der Waals surface area (Å²) in [4.78, 5) is 14.8. The van der Waals surface area contributed by atoms with E-state index in [0.717, 1.165) is 42.7 Å². The first-order valence-electron chi connectivity index (χ1n) is 9.15. The molecule has 1 aliphatic heterocycles. The zero-order valence-electron chi connectivity index (χ0n) is 13.3. The number of ether oxygens (including phenoxy) is 1. The number of esters is 1. The Morgan fingerprint density at radius 1 is 1.10 bits per heavy atom. The van der Waals surface area contributed by atoms with Crippen LogP contribution in [0.15, 0.2) is 0 Å². The number of nitrogens with zero attached hydrogens (tertiary/aromatic N) is 1. The molecule has 0 amide bonds. The van der Waals surface area contributed by atoms with Gasteiger partial charge in [0.05, 0.1) is 12.5 Å². The number of piperidine rings is 1. The highest BCUT2D eigenvalue weighted by Crippen LogP contribution is 2.55. The van der Waals surface area contributed by atoms with E-state index in [2.05, 4.69) is 4.90 Å².